The van der Waals surface area contributed by atoms with Gasteiger partial charge in [0.25, 0.3) is 0 Å². The summed E-state index contributed by atoms with van der Waals surface area (Å²) in [5.74, 6) is 2.72. The van der Waals surface area contributed by atoms with E-state index in [9.17, 15) is 0 Å². The molecule has 3 heteroatoms. The zero-order valence-corrected chi connectivity index (χ0v) is 13.3. The molecule has 2 aliphatic heterocycles. The van der Waals surface area contributed by atoms with Crippen molar-refractivity contribution in [2.75, 3.05) is 26.2 Å². The fraction of sp³-hybridized carbons (Fsp3) is 0.667. The van der Waals surface area contributed by atoms with E-state index >= 15 is 0 Å². The van der Waals surface area contributed by atoms with Crippen molar-refractivity contribution in [3.63, 3.8) is 0 Å². The Bertz CT molecular complexity index is 445. The number of ether oxygens (including phenoxy) is 1. The molecular weight excluding hydrogens is 260 g/mol. The Balaban J connectivity index is 1.61. The first-order valence-corrected chi connectivity index (χ1v) is 8.48. The molecule has 2 fully saturated rings. The summed E-state index contributed by atoms with van der Waals surface area (Å²) in [6.07, 6.45) is 2.32. The Kier molecular flexibility index (Phi) is 4.81. The van der Waals surface area contributed by atoms with Gasteiger partial charge in [-0.25, -0.2) is 0 Å². The topological polar surface area (TPSA) is 24.5 Å². The van der Waals surface area contributed by atoms with Crippen molar-refractivity contribution in [2.24, 2.45) is 11.8 Å². The van der Waals surface area contributed by atoms with E-state index in [1.54, 1.807) is 0 Å². The maximum absolute atomic E-state index is 5.66. The zero-order chi connectivity index (χ0) is 14.7. The predicted molar refractivity (Wildman–Crippen MR) is 86.6 cm³/mol. The summed E-state index contributed by atoms with van der Waals surface area (Å²) in [7, 11) is 0. The van der Waals surface area contributed by atoms with Gasteiger partial charge in [0, 0.05) is 19.1 Å². The van der Waals surface area contributed by atoms with Gasteiger partial charge in [0.05, 0.1) is 6.61 Å². The average Bonchev–Trinajstić information content (AvgIpc) is 3.07. The Hall–Kier alpha value is -1.06. The van der Waals surface area contributed by atoms with E-state index in [-0.39, 0.29) is 0 Å². The molecule has 3 rings (SSSR count). The number of nitrogens with zero attached hydrogens (tertiary/aromatic N) is 1. The van der Waals surface area contributed by atoms with Crippen LogP contribution in [0.3, 0.4) is 0 Å². The second kappa shape index (κ2) is 6.80. The van der Waals surface area contributed by atoms with Gasteiger partial charge in [0.2, 0.25) is 0 Å². The van der Waals surface area contributed by atoms with Gasteiger partial charge >= 0.3 is 0 Å². The molecule has 3 unspecified atom stereocenters. The van der Waals surface area contributed by atoms with Gasteiger partial charge in [-0.15, -0.1) is 0 Å². The summed E-state index contributed by atoms with van der Waals surface area (Å²) in [6.45, 7) is 10.0. The molecule has 2 heterocycles. The van der Waals surface area contributed by atoms with Crippen molar-refractivity contribution >= 4 is 0 Å². The number of hydrogen-bond donors (Lipinski definition) is 1. The molecule has 3 nitrogen and oxygen atoms in total. The highest BCUT2D eigenvalue weighted by Gasteiger charge is 2.42. The van der Waals surface area contributed by atoms with Crippen molar-refractivity contribution in [3.05, 3.63) is 29.8 Å². The monoisotopic (exact) mass is 288 g/mol. The molecule has 0 spiro atoms. The van der Waals surface area contributed by atoms with Gasteiger partial charge in [-0.3, -0.25) is 4.90 Å². The van der Waals surface area contributed by atoms with Gasteiger partial charge in [-0.05, 0) is 55.5 Å². The average molecular weight is 288 g/mol. The van der Waals surface area contributed by atoms with Crippen LogP contribution in [0.4, 0.5) is 0 Å². The minimum Gasteiger partial charge on any atom is -0.494 e. The largest absolute Gasteiger partial charge is 0.494 e. The van der Waals surface area contributed by atoms with E-state index in [1.165, 1.54) is 31.6 Å². The van der Waals surface area contributed by atoms with Gasteiger partial charge < -0.3 is 10.1 Å². The molecule has 0 radical (unpaired) electrons. The van der Waals surface area contributed by atoms with E-state index in [0.717, 1.165) is 43.2 Å². The summed E-state index contributed by atoms with van der Waals surface area (Å²) < 4.78 is 5.66. The Labute approximate surface area is 128 Å². The van der Waals surface area contributed by atoms with E-state index in [4.69, 9.17) is 4.74 Å². The van der Waals surface area contributed by atoms with E-state index < -0.39 is 0 Å². The Morgan fingerprint density at radius 1 is 1.19 bits per heavy atom. The molecule has 1 N–H and O–H groups in total. The van der Waals surface area contributed by atoms with E-state index in [1.807, 2.05) is 0 Å². The number of nitrogens with one attached hydrogen (secondary N) is 1. The predicted octanol–water partition coefficient (Wildman–Crippen LogP) is 2.91. The lowest BCUT2D eigenvalue weighted by molar-refractivity contribution is 0.210. The summed E-state index contributed by atoms with van der Waals surface area (Å²) in [4.78, 5) is 2.69. The van der Waals surface area contributed by atoms with Gasteiger partial charge in [-0.1, -0.05) is 26.0 Å². The molecule has 2 aliphatic rings. The molecule has 116 valence electrons. The molecule has 2 saturated heterocycles. The number of rotatable bonds is 6. The van der Waals surface area contributed by atoms with E-state index in [2.05, 4.69) is 48.3 Å². The lowest BCUT2D eigenvalue weighted by Gasteiger charge is -2.26. The number of hydrogen-bond acceptors (Lipinski definition) is 3. The molecule has 0 amide bonds. The molecule has 3 atom stereocenters. The van der Waals surface area contributed by atoms with Crippen LogP contribution in [0.25, 0.3) is 0 Å². The number of fused-ring (bicyclic) bond motifs is 1. The van der Waals surface area contributed by atoms with Crippen LogP contribution in [0.1, 0.15) is 32.3 Å². The third kappa shape index (κ3) is 3.24. The fourth-order valence-corrected chi connectivity index (χ4v) is 4.00. The SMILES string of the molecule is CCCOc1ccc(CN2CC3CNCC3C2CC)cc1. The molecule has 0 aromatic heterocycles. The zero-order valence-electron chi connectivity index (χ0n) is 13.3. The summed E-state index contributed by atoms with van der Waals surface area (Å²) in [6, 6.07) is 9.43. The maximum atomic E-state index is 5.66. The summed E-state index contributed by atoms with van der Waals surface area (Å²) in [5, 5.41) is 3.56. The van der Waals surface area contributed by atoms with Gasteiger partial charge in [0.1, 0.15) is 5.75 Å². The van der Waals surface area contributed by atoms with Crippen molar-refractivity contribution < 1.29 is 4.74 Å². The normalized spacial score (nSPS) is 28.8. The Morgan fingerprint density at radius 2 is 2.00 bits per heavy atom. The minimum absolute atomic E-state index is 0.751. The molecular formula is C18H28N2O. The van der Waals surface area contributed by atoms with Crippen molar-refractivity contribution in [1.29, 1.82) is 0 Å². The van der Waals surface area contributed by atoms with Crippen LogP contribution in [-0.2, 0) is 6.54 Å². The van der Waals surface area contributed by atoms with E-state index in [0.29, 0.717) is 0 Å². The van der Waals surface area contributed by atoms with Crippen molar-refractivity contribution in [2.45, 2.75) is 39.3 Å². The van der Waals surface area contributed by atoms with Gasteiger partial charge in [-0.2, -0.15) is 0 Å². The number of likely N-dealkylation sites (tertiary alicyclic amines) is 1. The van der Waals surface area contributed by atoms with Crippen LogP contribution in [0.15, 0.2) is 24.3 Å². The highest BCUT2D eigenvalue weighted by atomic mass is 16.5. The first-order valence-electron chi connectivity index (χ1n) is 8.48. The van der Waals surface area contributed by atoms with Crippen molar-refractivity contribution in [3.8, 4) is 5.75 Å². The maximum Gasteiger partial charge on any atom is 0.119 e. The molecule has 21 heavy (non-hydrogen) atoms. The van der Waals surface area contributed by atoms with Crippen LogP contribution < -0.4 is 10.1 Å². The molecule has 1 aromatic rings. The van der Waals surface area contributed by atoms with Crippen LogP contribution in [0.2, 0.25) is 0 Å². The highest BCUT2D eigenvalue weighted by Crippen LogP contribution is 2.35. The van der Waals surface area contributed by atoms with Crippen LogP contribution >= 0.6 is 0 Å². The van der Waals surface area contributed by atoms with Crippen LogP contribution in [0, 0.1) is 11.8 Å². The van der Waals surface area contributed by atoms with Crippen molar-refractivity contribution in [1.82, 2.24) is 10.2 Å². The standard InChI is InChI=1S/C18H28N2O/c1-3-9-21-16-7-5-14(6-8-16)12-20-13-15-10-19-11-17(15)18(20)4-2/h5-8,15,17-19H,3-4,9-13H2,1-2H3. The number of benzene rings is 1. The van der Waals surface area contributed by atoms with Crippen LogP contribution in [0.5, 0.6) is 5.75 Å². The first kappa shape index (κ1) is 14.9. The third-order valence-electron chi connectivity index (χ3n) is 5.02. The second-order valence-corrected chi connectivity index (χ2v) is 6.48. The Morgan fingerprint density at radius 3 is 2.71 bits per heavy atom. The first-order chi connectivity index (χ1) is 10.3. The van der Waals surface area contributed by atoms with Gasteiger partial charge in [0.15, 0.2) is 0 Å². The summed E-state index contributed by atoms with van der Waals surface area (Å²) >= 11 is 0. The molecule has 1 aromatic carbocycles. The fourth-order valence-electron chi connectivity index (χ4n) is 4.00. The lowest BCUT2D eigenvalue weighted by Crippen LogP contribution is -2.34. The minimum atomic E-state index is 0.751. The summed E-state index contributed by atoms with van der Waals surface area (Å²) in [5.41, 5.74) is 1.41. The third-order valence-corrected chi connectivity index (χ3v) is 5.02. The lowest BCUT2D eigenvalue weighted by atomic mass is 9.93. The quantitative estimate of drug-likeness (QED) is 0.871. The molecule has 0 aliphatic carbocycles. The highest BCUT2D eigenvalue weighted by molar-refractivity contribution is 5.27. The smallest absolute Gasteiger partial charge is 0.119 e. The molecule has 0 bridgehead atoms. The second-order valence-electron chi connectivity index (χ2n) is 6.48. The molecule has 0 saturated carbocycles. The van der Waals surface area contributed by atoms with Crippen LogP contribution in [-0.4, -0.2) is 37.2 Å².